The van der Waals surface area contributed by atoms with E-state index in [4.69, 9.17) is 9.47 Å². The lowest BCUT2D eigenvalue weighted by Crippen LogP contribution is -2.77. The van der Waals surface area contributed by atoms with Gasteiger partial charge in [0.15, 0.2) is 6.04 Å². The van der Waals surface area contributed by atoms with Gasteiger partial charge in [0.1, 0.15) is 31.1 Å². The fourth-order valence-electron chi connectivity index (χ4n) is 16.6. The zero-order valence-electron chi connectivity index (χ0n) is 29.2. The molecule has 256 valence electrons. The Kier molecular flexibility index (Phi) is 5.15. The van der Waals surface area contributed by atoms with Crippen LogP contribution >= 0.6 is 0 Å². The quantitative estimate of drug-likeness (QED) is 0.311. The lowest BCUT2D eigenvalue weighted by Gasteiger charge is -2.64. The number of fused-ring (bicyclic) bond motifs is 5. The molecule has 1 unspecified atom stereocenters. The Balaban J connectivity index is 1.22. The molecule has 2 aromatic carbocycles. The lowest BCUT2D eigenvalue weighted by atomic mass is 9.52. The molecule has 13 rings (SSSR count). The molecule has 50 heavy (non-hydrogen) atoms. The van der Waals surface area contributed by atoms with Gasteiger partial charge in [-0.15, -0.1) is 0 Å². The molecule has 6 heteroatoms. The number of allylic oxidation sites excluding steroid dienone is 1. The Labute approximate surface area is 296 Å². The predicted molar refractivity (Wildman–Crippen MR) is 195 cm³/mol. The van der Waals surface area contributed by atoms with Gasteiger partial charge in [0.2, 0.25) is 0 Å². The highest BCUT2D eigenvalue weighted by Crippen LogP contribution is 2.73. The topological polar surface area (TPSA) is 24.9 Å². The maximum Gasteiger partial charge on any atom is 0.161 e. The molecule has 0 amide bonds. The van der Waals surface area contributed by atoms with Crippen molar-refractivity contribution in [1.82, 2.24) is 0 Å². The van der Waals surface area contributed by atoms with Gasteiger partial charge in [0, 0.05) is 54.8 Å². The van der Waals surface area contributed by atoms with E-state index in [1.165, 1.54) is 65.7 Å². The van der Waals surface area contributed by atoms with Crippen molar-refractivity contribution in [3.05, 3.63) is 109 Å². The second-order valence-corrected chi connectivity index (χ2v) is 18.2. The van der Waals surface area contributed by atoms with Crippen LogP contribution in [0.2, 0.25) is 0 Å². The van der Waals surface area contributed by atoms with Gasteiger partial charge >= 0.3 is 0 Å². The Hall–Kier alpha value is -3.16. The summed E-state index contributed by atoms with van der Waals surface area (Å²) in [7, 11) is 0. The van der Waals surface area contributed by atoms with Crippen LogP contribution in [0.4, 0.5) is 11.4 Å². The van der Waals surface area contributed by atoms with Gasteiger partial charge in [-0.25, -0.2) is 0 Å². The Morgan fingerprint density at radius 1 is 0.780 bits per heavy atom. The molecule has 9 aliphatic heterocycles. The minimum absolute atomic E-state index is 0.0241. The molecule has 11 aliphatic rings. The Bertz CT molecular complexity index is 1920. The fraction of sp³-hybridized carbons (Fsp3) is 0.545. The SMILES string of the molecule is C=CC[N@@+]12CC[C@]34c5ccccc5N5[C@@H]6OCC=C7C(C1)[N@+]1(CC=C)CC[C@@]89c%10ccccc%10N([C@@H]%10OCC=C[C@@H](C[C@@H]32)[C@@H]%10[C@@H]54)[C@H]8[C@@H]6[C@H]7C[C@@H]91. The Morgan fingerprint density at radius 3 is 2.24 bits per heavy atom. The van der Waals surface area contributed by atoms with E-state index in [0.717, 1.165) is 13.1 Å². The summed E-state index contributed by atoms with van der Waals surface area (Å²) >= 11 is 0. The van der Waals surface area contributed by atoms with Crippen molar-refractivity contribution in [2.75, 3.05) is 55.7 Å². The van der Waals surface area contributed by atoms with E-state index in [0.29, 0.717) is 67.1 Å². The number of anilines is 2. The van der Waals surface area contributed by atoms with Crippen LogP contribution in [-0.2, 0) is 20.3 Å². The van der Waals surface area contributed by atoms with Crippen LogP contribution in [0, 0.1) is 23.7 Å². The molecule has 0 aromatic heterocycles. The first-order valence-corrected chi connectivity index (χ1v) is 19.9. The summed E-state index contributed by atoms with van der Waals surface area (Å²) < 4.78 is 17.3. The first-order chi connectivity index (χ1) is 24.6. The third-order valence-corrected chi connectivity index (χ3v) is 17.5. The maximum absolute atomic E-state index is 7.54. The van der Waals surface area contributed by atoms with Crippen molar-refractivity contribution in [2.24, 2.45) is 23.7 Å². The third-order valence-electron chi connectivity index (χ3n) is 17.5. The third kappa shape index (κ3) is 2.76. The average molecular weight is 667 g/mol. The zero-order valence-corrected chi connectivity index (χ0v) is 29.2. The zero-order chi connectivity index (χ0) is 32.8. The van der Waals surface area contributed by atoms with Crippen LogP contribution in [0.15, 0.2) is 97.6 Å². The van der Waals surface area contributed by atoms with Gasteiger partial charge in [0.25, 0.3) is 0 Å². The number of nitrogens with zero attached hydrogens (tertiary/aromatic N) is 4. The Morgan fingerprint density at radius 2 is 1.46 bits per heavy atom. The number of ether oxygens (including phenoxy) is 2. The number of para-hydroxylation sites is 2. The number of hydrogen-bond donors (Lipinski definition) is 0. The molecule has 11 bridgehead atoms. The van der Waals surface area contributed by atoms with Crippen LogP contribution in [-0.4, -0.2) is 97.6 Å². The van der Waals surface area contributed by atoms with Crippen molar-refractivity contribution in [1.29, 1.82) is 0 Å². The van der Waals surface area contributed by atoms with Crippen molar-refractivity contribution in [3.8, 4) is 0 Å². The number of rotatable bonds is 4. The van der Waals surface area contributed by atoms with Gasteiger partial charge in [-0.1, -0.05) is 67.8 Å². The van der Waals surface area contributed by atoms with Crippen molar-refractivity contribution < 1.29 is 18.4 Å². The van der Waals surface area contributed by atoms with Gasteiger partial charge < -0.3 is 28.2 Å². The highest BCUT2D eigenvalue weighted by Gasteiger charge is 2.82. The van der Waals surface area contributed by atoms with Gasteiger partial charge in [-0.2, -0.15) is 0 Å². The van der Waals surface area contributed by atoms with Crippen LogP contribution in [0.3, 0.4) is 0 Å². The summed E-state index contributed by atoms with van der Waals surface area (Å²) in [6, 6.07) is 21.6. The number of piperidine rings is 1. The molecular weight excluding hydrogens is 617 g/mol. The summed E-state index contributed by atoms with van der Waals surface area (Å²) in [6.45, 7) is 16.2. The van der Waals surface area contributed by atoms with Crippen LogP contribution < -0.4 is 9.80 Å². The highest BCUT2D eigenvalue weighted by molar-refractivity contribution is 5.71. The summed E-state index contributed by atoms with van der Waals surface area (Å²) in [4.78, 5) is 5.93. The molecule has 15 atom stereocenters. The smallest absolute Gasteiger partial charge is 0.161 e. The van der Waals surface area contributed by atoms with Gasteiger partial charge in [0.05, 0.1) is 62.3 Å². The molecule has 9 heterocycles. The monoisotopic (exact) mass is 666 g/mol. The van der Waals surface area contributed by atoms with Gasteiger partial charge in [-0.05, 0) is 46.9 Å². The van der Waals surface area contributed by atoms with Gasteiger partial charge in [-0.3, -0.25) is 0 Å². The first kappa shape index (κ1) is 28.4. The van der Waals surface area contributed by atoms with E-state index < -0.39 is 0 Å². The minimum atomic E-state index is 0.0241. The van der Waals surface area contributed by atoms with Crippen molar-refractivity contribution >= 4 is 11.4 Å². The lowest BCUT2D eigenvalue weighted by molar-refractivity contribution is -1.01. The number of benzene rings is 2. The molecule has 5 saturated heterocycles. The molecule has 2 saturated carbocycles. The number of quaternary nitrogens is 2. The number of hydrogen-bond acceptors (Lipinski definition) is 4. The largest absolute Gasteiger partial charge is 0.354 e. The molecule has 2 spiro atoms. The van der Waals surface area contributed by atoms with E-state index >= 15 is 0 Å². The van der Waals surface area contributed by atoms with Crippen LogP contribution in [0.1, 0.15) is 36.8 Å². The average Bonchev–Trinajstić information content (AvgIpc) is 3.72. The van der Waals surface area contributed by atoms with Crippen molar-refractivity contribution in [2.45, 2.75) is 79.2 Å². The standard InChI is InChI=1S/C44H50N4O2/c1-3-18-47-20-16-43-30-11-5-7-13-32(30)45-39(43)37-27(24-35(43)47)10-9-22-49-41(37)46-33-14-8-6-12-31(33)44-17-21-48(19-4-2)34(26-47)28-15-23-50-42(45)38(40(44)46)29(28)25-36(44)48/h3-15,27,29,34-42H,1-2,16-26H2/q+2/t27-,29-,34?,35-,36-,37+,38-,39+,40-,41+,42+,43-,44-,47+,48-/m0/s1. The van der Waals surface area contributed by atoms with Crippen molar-refractivity contribution in [3.63, 3.8) is 0 Å². The molecule has 0 N–H and O–H groups in total. The molecular formula is C44H50N4O2+2. The molecule has 7 fully saturated rings. The molecule has 2 aromatic rings. The summed E-state index contributed by atoms with van der Waals surface area (Å²) in [5.41, 5.74) is 8.01. The normalized spacial score (nSPS) is 51.1. The van der Waals surface area contributed by atoms with E-state index in [-0.39, 0.29) is 23.3 Å². The second kappa shape index (κ2) is 9.06. The first-order valence-electron chi connectivity index (χ1n) is 19.9. The van der Waals surface area contributed by atoms with Crippen LogP contribution in [0.25, 0.3) is 0 Å². The summed E-state index contributed by atoms with van der Waals surface area (Å²) in [6.07, 6.45) is 17.2. The van der Waals surface area contributed by atoms with E-state index in [2.05, 4.69) is 102 Å². The van der Waals surface area contributed by atoms with E-state index in [1.54, 1.807) is 16.7 Å². The molecule has 0 radical (unpaired) electrons. The predicted octanol–water partition coefficient (Wildman–Crippen LogP) is 5.67. The fourth-order valence-corrected chi connectivity index (χ4v) is 16.6. The minimum Gasteiger partial charge on any atom is -0.354 e. The summed E-state index contributed by atoms with van der Waals surface area (Å²) in [5, 5.41) is 0. The molecule has 2 aliphatic carbocycles. The maximum atomic E-state index is 7.54. The van der Waals surface area contributed by atoms with E-state index in [9.17, 15) is 0 Å². The second-order valence-electron chi connectivity index (χ2n) is 18.2. The molecule has 6 nitrogen and oxygen atoms in total. The summed E-state index contributed by atoms with van der Waals surface area (Å²) in [5.74, 6) is 1.66. The van der Waals surface area contributed by atoms with Crippen LogP contribution in [0.5, 0.6) is 0 Å². The highest BCUT2D eigenvalue weighted by atomic mass is 16.5. The van der Waals surface area contributed by atoms with E-state index in [1.807, 2.05) is 0 Å².